The maximum Gasteiger partial charge on any atom is 0.219 e. The third kappa shape index (κ3) is 3.13. The van der Waals surface area contributed by atoms with Crippen LogP contribution < -0.4 is 5.73 Å². The first-order chi connectivity index (χ1) is 9.05. The highest BCUT2D eigenvalue weighted by atomic mass is 16.5. The molecule has 6 nitrogen and oxygen atoms in total. The smallest absolute Gasteiger partial charge is 0.219 e. The Morgan fingerprint density at radius 2 is 2.42 bits per heavy atom. The average molecular weight is 266 g/mol. The maximum atomic E-state index is 11.4. The normalized spacial score (nSPS) is 23.9. The standard InChI is InChI=1S/C13H22N4O2/c1-16-7-11(15-10-16)8-17-5-3-4-13(17,9-19-2)6-12(14)18/h7,10H,3-6,8-9H2,1-2H3,(H2,14,18)/t13-/m1/s1. The molecule has 0 bridgehead atoms. The summed E-state index contributed by atoms with van der Waals surface area (Å²) in [6, 6.07) is 0. The number of amides is 1. The number of aryl methyl sites for hydroxylation is 1. The molecule has 0 saturated carbocycles. The highest BCUT2D eigenvalue weighted by Gasteiger charge is 2.42. The zero-order chi connectivity index (χ0) is 13.9. The summed E-state index contributed by atoms with van der Waals surface area (Å²) in [6.07, 6.45) is 6.13. The second-order valence-electron chi connectivity index (χ2n) is 5.36. The Bertz CT molecular complexity index is 446. The van der Waals surface area contributed by atoms with Crippen LogP contribution in [0.1, 0.15) is 25.0 Å². The molecule has 1 aromatic rings. The van der Waals surface area contributed by atoms with Crippen molar-refractivity contribution in [2.75, 3.05) is 20.3 Å². The Morgan fingerprint density at radius 1 is 1.63 bits per heavy atom. The van der Waals surface area contributed by atoms with Crippen LogP contribution in [0.5, 0.6) is 0 Å². The fraction of sp³-hybridized carbons (Fsp3) is 0.692. The van der Waals surface area contributed by atoms with Crippen molar-refractivity contribution in [1.29, 1.82) is 0 Å². The molecule has 0 aliphatic carbocycles. The molecule has 19 heavy (non-hydrogen) atoms. The lowest BCUT2D eigenvalue weighted by molar-refractivity contribution is -0.121. The van der Waals surface area contributed by atoms with Crippen LogP contribution in [-0.4, -0.2) is 46.2 Å². The second kappa shape index (κ2) is 5.71. The predicted molar refractivity (Wildman–Crippen MR) is 71.3 cm³/mol. The number of rotatable bonds is 6. The molecule has 1 aliphatic rings. The molecule has 2 N–H and O–H groups in total. The van der Waals surface area contributed by atoms with Gasteiger partial charge in [-0.3, -0.25) is 9.69 Å². The van der Waals surface area contributed by atoms with E-state index in [0.717, 1.165) is 31.6 Å². The molecule has 0 radical (unpaired) electrons. The minimum Gasteiger partial charge on any atom is -0.383 e. The Kier molecular flexibility index (Phi) is 4.21. The lowest BCUT2D eigenvalue weighted by atomic mass is 9.92. The van der Waals surface area contributed by atoms with Gasteiger partial charge in [0.25, 0.3) is 0 Å². The quantitative estimate of drug-likeness (QED) is 0.802. The predicted octanol–water partition coefficient (Wildman–Crippen LogP) is 0.277. The third-order valence-corrected chi connectivity index (χ3v) is 3.77. The third-order valence-electron chi connectivity index (χ3n) is 3.77. The molecule has 6 heteroatoms. The van der Waals surface area contributed by atoms with Gasteiger partial charge in [0, 0.05) is 33.3 Å². The Hall–Kier alpha value is -1.40. The van der Waals surface area contributed by atoms with Gasteiger partial charge in [-0.15, -0.1) is 0 Å². The number of ether oxygens (including phenoxy) is 1. The van der Waals surface area contributed by atoms with Crippen LogP contribution in [0.25, 0.3) is 0 Å². The zero-order valence-electron chi connectivity index (χ0n) is 11.6. The van der Waals surface area contributed by atoms with E-state index < -0.39 is 0 Å². The van der Waals surface area contributed by atoms with Crippen molar-refractivity contribution in [3.05, 3.63) is 18.2 Å². The van der Waals surface area contributed by atoms with Gasteiger partial charge >= 0.3 is 0 Å². The number of carbonyl (C=O) groups excluding carboxylic acids is 1. The first-order valence-electron chi connectivity index (χ1n) is 6.55. The average Bonchev–Trinajstić information content (AvgIpc) is 2.88. The summed E-state index contributed by atoms with van der Waals surface area (Å²) in [5, 5.41) is 0. The lowest BCUT2D eigenvalue weighted by Gasteiger charge is -2.37. The summed E-state index contributed by atoms with van der Waals surface area (Å²) in [7, 11) is 3.62. The summed E-state index contributed by atoms with van der Waals surface area (Å²) in [5.74, 6) is -0.273. The van der Waals surface area contributed by atoms with E-state index in [1.165, 1.54) is 0 Å². The molecule has 1 aliphatic heterocycles. The Morgan fingerprint density at radius 3 is 3.00 bits per heavy atom. The van der Waals surface area contributed by atoms with Gasteiger partial charge in [0.1, 0.15) is 0 Å². The summed E-state index contributed by atoms with van der Waals surface area (Å²) < 4.78 is 7.26. The molecule has 1 saturated heterocycles. The van der Waals surface area contributed by atoms with E-state index in [9.17, 15) is 4.79 Å². The van der Waals surface area contributed by atoms with E-state index in [0.29, 0.717) is 13.0 Å². The van der Waals surface area contributed by atoms with Crippen LogP contribution in [0, 0.1) is 0 Å². The molecular formula is C13H22N4O2. The van der Waals surface area contributed by atoms with Gasteiger partial charge in [0.2, 0.25) is 5.91 Å². The lowest BCUT2D eigenvalue weighted by Crippen LogP contribution is -2.49. The van der Waals surface area contributed by atoms with Crippen molar-refractivity contribution in [3.63, 3.8) is 0 Å². The summed E-state index contributed by atoms with van der Waals surface area (Å²) >= 11 is 0. The summed E-state index contributed by atoms with van der Waals surface area (Å²) in [6.45, 7) is 2.22. The van der Waals surface area contributed by atoms with Gasteiger partial charge in [-0.1, -0.05) is 0 Å². The fourth-order valence-electron chi connectivity index (χ4n) is 2.99. The number of primary amides is 1. The SMILES string of the molecule is COC[C@]1(CC(N)=O)CCCN1Cc1cn(C)cn1. The summed E-state index contributed by atoms with van der Waals surface area (Å²) in [5.41, 5.74) is 6.15. The van der Waals surface area contributed by atoms with Crippen molar-refractivity contribution in [2.24, 2.45) is 12.8 Å². The van der Waals surface area contributed by atoms with Crippen LogP contribution in [0.4, 0.5) is 0 Å². The monoisotopic (exact) mass is 266 g/mol. The molecule has 106 valence electrons. The van der Waals surface area contributed by atoms with Crippen LogP contribution in [0.3, 0.4) is 0 Å². The zero-order valence-corrected chi connectivity index (χ0v) is 11.6. The molecule has 1 atom stereocenters. The van der Waals surface area contributed by atoms with E-state index >= 15 is 0 Å². The molecule has 1 amide bonds. The van der Waals surface area contributed by atoms with Crippen molar-refractivity contribution in [2.45, 2.75) is 31.3 Å². The Balaban J connectivity index is 2.14. The minimum absolute atomic E-state index is 0.266. The number of imidazole rings is 1. The van der Waals surface area contributed by atoms with E-state index in [4.69, 9.17) is 10.5 Å². The molecule has 0 aromatic carbocycles. The van der Waals surface area contributed by atoms with Crippen molar-refractivity contribution in [1.82, 2.24) is 14.5 Å². The van der Waals surface area contributed by atoms with Crippen LogP contribution >= 0.6 is 0 Å². The van der Waals surface area contributed by atoms with Crippen LogP contribution in [0.2, 0.25) is 0 Å². The van der Waals surface area contributed by atoms with Gasteiger partial charge in [0.05, 0.1) is 24.2 Å². The molecule has 2 rings (SSSR count). The van der Waals surface area contributed by atoms with Gasteiger partial charge in [-0.2, -0.15) is 0 Å². The van der Waals surface area contributed by atoms with Gasteiger partial charge < -0.3 is 15.0 Å². The summed E-state index contributed by atoms with van der Waals surface area (Å²) in [4.78, 5) is 18.0. The molecular weight excluding hydrogens is 244 g/mol. The molecule has 2 heterocycles. The number of nitrogens with zero attached hydrogens (tertiary/aromatic N) is 3. The van der Waals surface area contributed by atoms with E-state index in [1.54, 1.807) is 13.4 Å². The number of aromatic nitrogens is 2. The van der Waals surface area contributed by atoms with Gasteiger partial charge in [-0.05, 0) is 19.4 Å². The van der Waals surface area contributed by atoms with Gasteiger partial charge in [-0.25, -0.2) is 4.98 Å². The largest absolute Gasteiger partial charge is 0.383 e. The second-order valence-corrected chi connectivity index (χ2v) is 5.36. The molecule has 1 fully saturated rings. The molecule has 0 unspecified atom stereocenters. The highest BCUT2D eigenvalue weighted by Crippen LogP contribution is 2.33. The van der Waals surface area contributed by atoms with E-state index in [2.05, 4.69) is 9.88 Å². The van der Waals surface area contributed by atoms with Crippen molar-refractivity contribution >= 4 is 5.91 Å². The number of hydrogen-bond donors (Lipinski definition) is 1. The van der Waals surface area contributed by atoms with Crippen molar-refractivity contribution < 1.29 is 9.53 Å². The topological polar surface area (TPSA) is 73.4 Å². The number of carbonyl (C=O) groups is 1. The highest BCUT2D eigenvalue weighted by molar-refractivity contribution is 5.75. The van der Waals surface area contributed by atoms with Crippen LogP contribution in [0.15, 0.2) is 12.5 Å². The first kappa shape index (κ1) is 14.0. The molecule has 0 spiro atoms. The number of nitrogens with two attached hydrogens (primary N) is 1. The molecule has 1 aromatic heterocycles. The van der Waals surface area contributed by atoms with E-state index in [-0.39, 0.29) is 11.4 Å². The van der Waals surface area contributed by atoms with Crippen molar-refractivity contribution in [3.8, 4) is 0 Å². The Labute approximate surface area is 113 Å². The number of hydrogen-bond acceptors (Lipinski definition) is 4. The number of likely N-dealkylation sites (tertiary alicyclic amines) is 1. The first-order valence-corrected chi connectivity index (χ1v) is 6.55. The number of methoxy groups -OCH3 is 1. The maximum absolute atomic E-state index is 11.4. The van der Waals surface area contributed by atoms with Crippen LogP contribution in [-0.2, 0) is 23.1 Å². The fourth-order valence-corrected chi connectivity index (χ4v) is 2.99. The minimum atomic E-state index is -0.273. The van der Waals surface area contributed by atoms with E-state index in [1.807, 2.05) is 17.8 Å². The van der Waals surface area contributed by atoms with Gasteiger partial charge in [0.15, 0.2) is 0 Å².